The maximum atomic E-state index is 14.6. The molecule has 0 saturated carbocycles. The molecule has 0 aliphatic rings. The highest BCUT2D eigenvalue weighted by molar-refractivity contribution is 7.88. The van der Waals surface area contributed by atoms with Crippen LogP contribution >= 0.6 is 0 Å². The largest absolute Gasteiger partial charge is 0.487 e. The fourth-order valence-corrected chi connectivity index (χ4v) is 5.60. The van der Waals surface area contributed by atoms with Crippen molar-refractivity contribution in [2.45, 2.75) is 13.2 Å². The average molecular weight is 620 g/mol. The van der Waals surface area contributed by atoms with Crippen LogP contribution in [0.25, 0.3) is 55.7 Å². The van der Waals surface area contributed by atoms with Gasteiger partial charge in [0, 0.05) is 46.4 Å². The van der Waals surface area contributed by atoms with E-state index in [0.29, 0.717) is 40.6 Å². The number of aromatic amines is 2. The van der Waals surface area contributed by atoms with E-state index in [4.69, 9.17) is 4.74 Å². The molecular formula is C33H26FN7O3S. The molecule has 0 aliphatic carbocycles. The number of hydrogen-bond donors (Lipinski definition) is 3. The van der Waals surface area contributed by atoms with Crippen molar-refractivity contribution in [3.8, 4) is 39.7 Å². The first-order valence-corrected chi connectivity index (χ1v) is 15.9. The molecule has 7 aromatic rings. The Kier molecular flexibility index (Phi) is 7.28. The number of nitrogens with one attached hydrogen (secondary N) is 3. The van der Waals surface area contributed by atoms with Crippen LogP contribution in [-0.4, -0.2) is 44.8 Å². The molecule has 0 atom stereocenters. The summed E-state index contributed by atoms with van der Waals surface area (Å²) in [5.74, 6) is 0.142. The summed E-state index contributed by atoms with van der Waals surface area (Å²) in [4.78, 5) is 16.9. The lowest BCUT2D eigenvalue weighted by atomic mass is 10.0. The zero-order chi connectivity index (χ0) is 31.0. The normalized spacial score (nSPS) is 11.8. The Labute approximate surface area is 257 Å². The van der Waals surface area contributed by atoms with Gasteiger partial charge in [-0.05, 0) is 53.6 Å². The number of nitrogens with zero attached hydrogens (tertiary/aromatic N) is 4. The maximum absolute atomic E-state index is 14.6. The molecule has 0 spiro atoms. The molecule has 0 amide bonds. The molecule has 5 aromatic heterocycles. The van der Waals surface area contributed by atoms with E-state index < -0.39 is 15.8 Å². The molecule has 12 heteroatoms. The van der Waals surface area contributed by atoms with E-state index in [1.807, 2.05) is 54.6 Å². The Hall–Kier alpha value is -5.46. The van der Waals surface area contributed by atoms with Crippen LogP contribution in [0.3, 0.4) is 0 Å². The van der Waals surface area contributed by atoms with Crippen LogP contribution < -0.4 is 9.46 Å². The maximum Gasteiger partial charge on any atom is 0.209 e. The van der Waals surface area contributed by atoms with Crippen LogP contribution in [0.1, 0.15) is 11.1 Å². The SMILES string of the molecule is CS(=O)(=O)NCc1cc(F)cc(-c2nccc3[nH]c(-c4n[nH]c5cnc(-c6cncc(OCc7ccccc7)c6)cc45)cc23)c1. The van der Waals surface area contributed by atoms with Gasteiger partial charge in [0.25, 0.3) is 0 Å². The van der Waals surface area contributed by atoms with Crippen LogP contribution in [-0.2, 0) is 23.2 Å². The third-order valence-electron chi connectivity index (χ3n) is 7.28. The Morgan fingerprint density at radius 1 is 0.844 bits per heavy atom. The molecule has 224 valence electrons. The van der Waals surface area contributed by atoms with Crippen LogP contribution in [0.15, 0.2) is 97.6 Å². The number of sulfonamides is 1. The van der Waals surface area contributed by atoms with E-state index in [1.165, 1.54) is 12.1 Å². The zero-order valence-corrected chi connectivity index (χ0v) is 24.8. The summed E-state index contributed by atoms with van der Waals surface area (Å²) >= 11 is 0. The predicted molar refractivity (Wildman–Crippen MR) is 170 cm³/mol. The van der Waals surface area contributed by atoms with Gasteiger partial charge in [-0.1, -0.05) is 30.3 Å². The van der Waals surface area contributed by atoms with E-state index in [0.717, 1.165) is 44.9 Å². The van der Waals surface area contributed by atoms with Gasteiger partial charge in [-0.3, -0.25) is 20.1 Å². The van der Waals surface area contributed by atoms with E-state index in [9.17, 15) is 12.8 Å². The number of ether oxygens (including phenoxy) is 1. The van der Waals surface area contributed by atoms with Crippen LogP contribution in [0.5, 0.6) is 5.75 Å². The number of aromatic nitrogens is 6. The first-order chi connectivity index (χ1) is 21.8. The second-order valence-corrected chi connectivity index (χ2v) is 12.4. The highest BCUT2D eigenvalue weighted by Gasteiger charge is 2.17. The molecule has 0 saturated heterocycles. The van der Waals surface area contributed by atoms with Crippen LogP contribution in [0.2, 0.25) is 0 Å². The zero-order valence-electron chi connectivity index (χ0n) is 24.0. The lowest BCUT2D eigenvalue weighted by Gasteiger charge is -2.08. The van der Waals surface area contributed by atoms with Crippen molar-refractivity contribution in [1.29, 1.82) is 0 Å². The Balaban J connectivity index is 1.22. The van der Waals surface area contributed by atoms with Gasteiger partial charge in [0.15, 0.2) is 0 Å². The third kappa shape index (κ3) is 6.14. The molecule has 2 aromatic carbocycles. The number of pyridine rings is 3. The van der Waals surface area contributed by atoms with Crippen LogP contribution in [0.4, 0.5) is 4.39 Å². The minimum absolute atomic E-state index is 0.0365. The molecule has 7 rings (SSSR count). The fourth-order valence-electron chi connectivity index (χ4n) is 5.17. The highest BCUT2D eigenvalue weighted by Crippen LogP contribution is 2.34. The van der Waals surface area contributed by atoms with Gasteiger partial charge in [-0.25, -0.2) is 17.5 Å². The molecule has 0 aliphatic heterocycles. The Morgan fingerprint density at radius 2 is 1.69 bits per heavy atom. The van der Waals surface area contributed by atoms with Crippen molar-refractivity contribution in [3.63, 3.8) is 0 Å². The van der Waals surface area contributed by atoms with Crippen molar-refractivity contribution < 1.29 is 17.5 Å². The summed E-state index contributed by atoms with van der Waals surface area (Å²) in [6.45, 7) is 0.390. The van der Waals surface area contributed by atoms with Crippen molar-refractivity contribution in [3.05, 3.63) is 115 Å². The smallest absolute Gasteiger partial charge is 0.209 e. The van der Waals surface area contributed by atoms with Crippen molar-refractivity contribution in [1.82, 2.24) is 34.9 Å². The predicted octanol–water partition coefficient (Wildman–Crippen LogP) is 6.00. The minimum Gasteiger partial charge on any atom is -0.487 e. The second kappa shape index (κ2) is 11.6. The quantitative estimate of drug-likeness (QED) is 0.180. The first kappa shape index (κ1) is 28.3. The summed E-state index contributed by atoms with van der Waals surface area (Å²) < 4.78 is 46.1. The molecule has 0 radical (unpaired) electrons. The topological polar surface area (TPSA) is 139 Å². The monoisotopic (exact) mass is 619 g/mol. The number of rotatable bonds is 9. The minimum atomic E-state index is -3.44. The van der Waals surface area contributed by atoms with Crippen molar-refractivity contribution >= 4 is 31.8 Å². The third-order valence-corrected chi connectivity index (χ3v) is 7.95. The molecule has 3 N–H and O–H groups in total. The number of benzene rings is 2. The molecule has 5 heterocycles. The molecule has 0 unspecified atom stereocenters. The van der Waals surface area contributed by atoms with E-state index in [2.05, 4.69) is 34.9 Å². The lowest BCUT2D eigenvalue weighted by Crippen LogP contribution is -2.21. The summed E-state index contributed by atoms with van der Waals surface area (Å²) in [6.07, 6.45) is 7.84. The number of H-pyrrole nitrogens is 2. The van der Waals surface area contributed by atoms with Crippen molar-refractivity contribution in [2.75, 3.05) is 6.26 Å². The van der Waals surface area contributed by atoms with Gasteiger partial charge < -0.3 is 9.72 Å². The summed E-state index contributed by atoms with van der Waals surface area (Å²) in [7, 11) is -3.44. The lowest BCUT2D eigenvalue weighted by molar-refractivity contribution is 0.305. The molecule has 0 bridgehead atoms. The average Bonchev–Trinajstić information content (AvgIpc) is 3.67. The highest BCUT2D eigenvalue weighted by atomic mass is 32.2. The Morgan fingerprint density at radius 3 is 2.53 bits per heavy atom. The van der Waals surface area contributed by atoms with Gasteiger partial charge in [-0.2, -0.15) is 5.10 Å². The number of hydrogen-bond acceptors (Lipinski definition) is 7. The van der Waals surface area contributed by atoms with Crippen LogP contribution in [0, 0.1) is 5.82 Å². The summed E-state index contributed by atoms with van der Waals surface area (Å²) in [5, 5.41) is 9.23. The van der Waals surface area contributed by atoms with Crippen molar-refractivity contribution in [2.24, 2.45) is 0 Å². The van der Waals surface area contributed by atoms with Gasteiger partial charge >= 0.3 is 0 Å². The fraction of sp³-hybridized carbons (Fsp3) is 0.0909. The molecule has 10 nitrogen and oxygen atoms in total. The number of halogens is 1. The van der Waals surface area contributed by atoms with E-state index in [-0.39, 0.29) is 6.54 Å². The summed E-state index contributed by atoms with van der Waals surface area (Å²) in [5.41, 5.74) is 7.06. The standard InChI is InChI=1S/C33H26FN7O3S/c1-45(42,43)38-15-21-9-22(11-24(34)10-21)32-26-14-30(39-28(26)7-8-36-32)33-27-13-29(37-18-31(27)40-41-33)23-12-25(17-35-16-23)44-19-20-5-3-2-4-6-20/h2-14,16-18,38-39H,15,19H2,1H3,(H,40,41). The first-order valence-electron chi connectivity index (χ1n) is 14.0. The second-order valence-electron chi connectivity index (χ2n) is 10.6. The summed E-state index contributed by atoms with van der Waals surface area (Å²) in [6, 6.07) is 21.9. The molecular weight excluding hydrogens is 593 g/mol. The Bertz CT molecular complexity index is 2290. The van der Waals surface area contributed by atoms with E-state index >= 15 is 0 Å². The molecule has 0 fully saturated rings. The number of fused-ring (bicyclic) bond motifs is 2. The van der Waals surface area contributed by atoms with Gasteiger partial charge in [0.2, 0.25) is 10.0 Å². The van der Waals surface area contributed by atoms with Gasteiger partial charge in [0.05, 0.1) is 41.2 Å². The van der Waals surface area contributed by atoms with Gasteiger partial charge in [-0.15, -0.1) is 0 Å². The van der Waals surface area contributed by atoms with E-state index in [1.54, 1.807) is 30.9 Å². The van der Waals surface area contributed by atoms with Gasteiger partial charge in [0.1, 0.15) is 23.9 Å². The molecule has 45 heavy (non-hydrogen) atoms.